The van der Waals surface area contributed by atoms with Crippen molar-refractivity contribution in [1.29, 1.82) is 0 Å². The van der Waals surface area contributed by atoms with Crippen LogP contribution in [0.4, 0.5) is 10.2 Å². The molecule has 6 heteroatoms. The van der Waals surface area contributed by atoms with E-state index >= 15 is 0 Å². The Kier molecular flexibility index (Phi) is 6.00. The zero-order valence-corrected chi connectivity index (χ0v) is 13.6. The Bertz CT molecular complexity index is 610. The van der Waals surface area contributed by atoms with Crippen LogP contribution in [0.3, 0.4) is 0 Å². The molecule has 1 aromatic heterocycles. The molecule has 1 aromatic carbocycles. The minimum Gasteiger partial charge on any atom is -0.311 e. The van der Waals surface area contributed by atoms with Gasteiger partial charge in [0, 0.05) is 29.7 Å². The van der Waals surface area contributed by atoms with E-state index in [4.69, 9.17) is 0 Å². The van der Waals surface area contributed by atoms with Gasteiger partial charge in [0.2, 0.25) is 5.91 Å². The second-order valence-corrected chi connectivity index (χ2v) is 6.56. The third-order valence-corrected chi connectivity index (χ3v) is 3.95. The van der Waals surface area contributed by atoms with E-state index in [0.717, 1.165) is 17.3 Å². The third kappa shape index (κ3) is 5.18. The highest BCUT2D eigenvalue weighted by atomic mass is 32.2. The molecule has 22 heavy (non-hydrogen) atoms. The number of hydrogen-bond donors (Lipinski definition) is 1. The number of nitrogens with zero attached hydrogens (tertiary/aromatic N) is 2. The van der Waals surface area contributed by atoms with E-state index in [2.05, 4.69) is 24.3 Å². The van der Waals surface area contributed by atoms with Crippen LogP contribution in [0.2, 0.25) is 0 Å². The zero-order valence-electron chi connectivity index (χ0n) is 12.8. The highest BCUT2D eigenvalue weighted by Gasteiger charge is 2.08. The van der Waals surface area contributed by atoms with Crippen molar-refractivity contribution in [2.45, 2.75) is 31.7 Å². The van der Waals surface area contributed by atoms with Crippen LogP contribution in [0.5, 0.6) is 0 Å². The van der Waals surface area contributed by atoms with Crippen molar-refractivity contribution >= 4 is 23.5 Å². The van der Waals surface area contributed by atoms with Gasteiger partial charge in [0.05, 0.1) is 6.20 Å². The van der Waals surface area contributed by atoms with Crippen LogP contribution in [-0.2, 0) is 11.3 Å². The third-order valence-electron chi connectivity index (χ3n) is 2.93. The van der Waals surface area contributed by atoms with E-state index in [1.165, 1.54) is 23.9 Å². The van der Waals surface area contributed by atoms with Crippen molar-refractivity contribution in [3.05, 3.63) is 42.3 Å². The monoisotopic (exact) mass is 321 g/mol. The first kappa shape index (κ1) is 16.5. The predicted molar refractivity (Wildman–Crippen MR) is 87.4 cm³/mol. The molecular formula is C16H20FN3OS. The summed E-state index contributed by atoms with van der Waals surface area (Å²) in [4.78, 5) is 12.9. The van der Waals surface area contributed by atoms with Gasteiger partial charge < -0.3 is 5.32 Å². The van der Waals surface area contributed by atoms with Crippen molar-refractivity contribution in [1.82, 2.24) is 9.78 Å². The van der Waals surface area contributed by atoms with Gasteiger partial charge in [0.25, 0.3) is 0 Å². The van der Waals surface area contributed by atoms with E-state index in [9.17, 15) is 9.18 Å². The van der Waals surface area contributed by atoms with Crippen LogP contribution in [-0.4, -0.2) is 21.4 Å². The number of carbonyl (C=O) groups is 1. The standard InChI is InChI=1S/C16H20FN3OS/c1-12(2)11-20-15(7-9-18-20)19-16(21)8-10-22-14-5-3-13(17)4-6-14/h3-7,9,12H,8,10-11H2,1-2H3,(H,19,21). The van der Waals surface area contributed by atoms with Crippen LogP contribution in [0, 0.1) is 11.7 Å². The fourth-order valence-electron chi connectivity index (χ4n) is 1.93. The van der Waals surface area contributed by atoms with E-state index in [-0.39, 0.29) is 11.7 Å². The summed E-state index contributed by atoms with van der Waals surface area (Å²) in [5, 5.41) is 7.09. The molecule has 0 atom stereocenters. The van der Waals surface area contributed by atoms with Crippen molar-refractivity contribution < 1.29 is 9.18 Å². The van der Waals surface area contributed by atoms with Crippen LogP contribution in [0.15, 0.2) is 41.4 Å². The SMILES string of the molecule is CC(C)Cn1nccc1NC(=O)CCSc1ccc(F)cc1. The molecule has 118 valence electrons. The predicted octanol–water partition coefficient (Wildman–Crippen LogP) is 3.80. The van der Waals surface area contributed by atoms with Gasteiger partial charge in [-0.05, 0) is 30.2 Å². The molecule has 2 aromatic rings. The average Bonchev–Trinajstić information content (AvgIpc) is 2.87. The van der Waals surface area contributed by atoms with Gasteiger partial charge in [-0.25, -0.2) is 9.07 Å². The summed E-state index contributed by atoms with van der Waals surface area (Å²) in [7, 11) is 0. The van der Waals surface area contributed by atoms with Crippen LogP contribution in [0.1, 0.15) is 20.3 Å². The van der Waals surface area contributed by atoms with Crippen LogP contribution < -0.4 is 5.32 Å². The fourth-order valence-corrected chi connectivity index (χ4v) is 2.78. The Morgan fingerprint density at radius 1 is 1.32 bits per heavy atom. The smallest absolute Gasteiger partial charge is 0.226 e. The number of benzene rings is 1. The minimum atomic E-state index is -0.250. The number of amides is 1. The molecule has 0 saturated heterocycles. The number of halogens is 1. The second kappa shape index (κ2) is 7.98. The maximum absolute atomic E-state index is 12.8. The summed E-state index contributed by atoms with van der Waals surface area (Å²) >= 11 is 1.53. The van der Waals surface area contributed by atoms with Gasteiger partial charge in [-0.15, -0.1) is 11.8 Å². The maximum atomic E-state index is 12.8. The molecule has 0 spiro atoms. The Labute approximate surface area is 134 Å². The minimum absolute atomic E-state index is 0.0416. The molecule has 0 saturated carbocycles. The summed E-state index contributed by atoms with van der Waals surface area (Å²) in [6, 6.07) is 8.08. The van der Waals surface area contributed by atoms with E-state index < -0.39 is 0 Å². The summed E-state index contributed by atoms with van der Waals surface area (Å²) in [5.41, 5.74) is 0. The van der Waals surface area contributed by atoms with E-state index in [1.807, 2.05) is 0 Å². The lowest BCUT2D eigenvalue weighted by Crippen LogP contribution is -2.17. The first-order valence-electron chi connectivity index (χ1n) is 7.24. The average molecular weight is 321 g/mol. The Hall–Kier alpha value is -1.82. The number of rotatable bonds is 7. The van der Waals surface area contributed by atoms with E-state index in [1.54, 1.807) is 29.1 Å². The molecule has 0 aliphatic heterocycles. The lowest BCUT2D eigenvalue weighted by atomic mass is 10.2. The van der Waals surface area contributed by atoms with Gasteiger partial charge >= 0.3 is 0 Å². The molecule has 0 fully saturated rings. The number of aromatic nitrogens is 2. The highest BCUT2D eigenvalue weighted by molar-refractivity contribution is 7.99. The van der Waals surface area contributed by atoms with Gasteiger partial charge in [0.15, 0.2) is 0 Å². The molecule has 1 N–H and O–H groups in total. The van der Waals surface area contributed by atoms with Crippen molar-refractivity contribution in [2.75, 3.05) is 11.1 Å². The zero-order chi connectivity index (χ0) is 15.9. The molecule has 0 aliphatic rings. The first-order valence-corrected chi connectivity index (χ1v) is 8.23. The number of thioether (sulfide) groups is 1. The number of hydrogen-bond acceptors (Lipinski definition) is 3. The molecular weight excluding hydrogens is 301 g/mol. The molecule has 0 radical (unpaired) electrons. The van der Waals surface area contributed by atoms with Crippen molar-refractivity contribution in [2.24, 2.45) is 5.92 Å². The van der Waals surface area contributed by atoms with Gasteiger partial charge in [-0.1, -0.05) is 13.8 Å². The lowest BCUT2D eigenvalue weighted by molar-refractivity contribution is -0.115. The summed E-state index contributed by atoms with van der Waals surface area (Å²) < 4.78 is 14.6. The molecule has 0 bridgehead atoms. The fraction of sp³-hybridized carbons (Fsp3) is 0.375. The number of nitrogens with one attached hydrogen (secondary N) is 1. The van der Waals surface area contributed by atoms with Gasteiger partial charge in [0.1, 0.15) is 11.6 Å². The van der Waals surface area contributed by atoms with E-state index in [0.29, 0.717) is 18.1 Å². The molecule has 0 unspecified atom stereocenters. The summed E-state index contributed by atoms with van der Waals surface area (Å²) in [5.74, 6) is 1.55. The van der Waals surface area contributed by atoms with Gasteiger partial charge in [-0.3, -0.25) is 4.79 Å². The quantitative estimate of drug-likeness (QED) is 0.789. The summed E-state index contributed by atoms with van der Waals surface area (Å²) in [6.07, 6.45) is 2.08. The van der Waals surface area contributed by atoms with Crippen LogP contribution >= 0.6 is 11.8 Å². The topological polar surface area (TPSA) is 46.9 Å². The Morgan fingerprint density at radius 3 is 2.73 bits per heavy atom. The Morgan fingerprint density at radius 2 is 2.05 bits per heavy atom. The van der Waals surface area contributed by atoms with Gasteiger partial charge in [-0.2, -0.15) is 5.10 Å². The summed E-state index contributed by atoms with van der Waals surface area (Å²) in [6.45, 7) is 4.98. The molecule has 4 nitrogen and oxygen atoms in total. The van der Waals surface area contributed by atoms with Crippen molar-refractivity contribution in [3.8, 4) is 0 Å². The Balaban J connectivity index is 1.78. The maximum Gasteiger partial charge on any atom is 0.226 e. The van der Waals surface area contributed by atoms with Crippen LogP contribution in [0.25, 0.3) is 0 Å². The molecule has 0 aliphatic carbocycles. The molecule has 1 amide bonds. The van der Waals surface area contributed by atoms with Crippen molar-refractivity contribution in [3.63, 3.8) is 0 Å². The largest absolute Gasteiger partial charge is 0.311 e. The highest BCUT2D eigenvalue weighted by Crippen LogP contribution is 2.19. The molecule has 1 heterocycles. The second-order valence-electron chi connectivity index (χ2n) is 5.39. The molecule has 2 rings (SSSR count). The number of carbonyl (C=O) groups excluding carboxylic acids is 1. The normalized spacial score (nSPS) is 10.9. The number of anilines is 1. The lowest BCUT2D eigenvalue weighted by Gasteiger charge is -2.10. The first-order chi connectivity index (χ1) is 10.5.